The number of aliphatic hydroxyl groups is 1. The number of benzene rings is 1. The van der Waals surface area contributed by atoms with Crippen LogP contribution in [0.25, 0.3) is 0 Å². The standard InChI is InChI=1S/C15H21Cl2NO/c1-14(10-18-2)7-3-4-8-15(14,19)11-5-6-12(16)13(17)9-11/h5-6,9,18-19H,3-4,7-8,10H2,1-2H3/t14?,15-/m1/s1. The van der Waals surface area contributed by atoms with Gasteiger partial charge in [0.15, 0.2) is 0 Å². The minimum Gasteiger partial charge on any atom is -0.385 e. The number of rotatable bonds is 3. The van der Waals surface area contributed by atoms with Gasteiger partial charge in [0.05, 0.1) is 15.6 Å². The Kier molecular flexibility index (Phi) is 4.46. The Morgan fingerprint density at radius 2 is 1.89 bits per heavy atom. The molecule has 0 aliphatic heterocycles. The van der Waals surface area contributed by atoms with Crippen LogP contribution in [0, 0.1) is 5.41 Å². The van der Waals surface area contributed by atoms with E-state index in [4.69, 9.17) is 23.2 Å². The second-order valence-electron chi connectivity index (χ2n) is 5.79. The van der Waals surface area contributed by atoms with E-state index in [-0.39, 0.29) is 5.41 Å². The molecule has 1 aromatic carbocycles. The van der Waals surface area contributed by atoms with E-state index in [1.807, 2.05) is 19.2 Å². The van der Waals surface area contributed by atoms with Crippen molar-refractivity contribution in [2.24, 2.45) is 5.41 Å². The van der Waals surface area contributed by atoms with Gasteiger partial charge in [0.2, 0.25) is 0 Å². The first-order valence-electron chi connectivity index (χ1n) is 6.75. The molecule has 0 spiro atoms. The zero-order valence-electron chi connectivity index (χ0n) is 11.5. The van der Waals surface area contributed by atoms with Crippen LogP contribution < -0.4 is 5.32 Å². The summed E-state index contributed by atoms with van der Waals surface area (Å²) in [5, 5.41) is 15.5. The molecule has 0 aromatic heterocycles. The highest BCUT2D eigenvalue weighted by molar-refractivity contribution is 6.42. The average molecular weight is 302 g/mol. The highest BCUT2D eigenvalue weighted by Crippen LogP contribution is 2.50. The van der Waals surface area contributed by atoms with Gasteiger partial charge < -0.3 is 10.4 Å². The van der Waals surface area contributed by atoms with Gasteiger partial charge in [-0.2, -0.15) is 0 Å². The van der Waals surface area contributed by atoms with E-state index in [0.29, 0.717) is 10.0 Å². The molecule has 1 unspecified atom stereocenters. The summed E-state index contributed by atoms with van der Waals surface area (Å²) < 4.78 is 0. The third-order valence-corrected chi connectivity index (χ3v) is 5.22. The minimum atomic E-state index is -0.845. The molecule has 0 bridgehead atoms. The summed E-state index contributed by atoms with van der Waals surface area (Å²) in [4.78, 5) is 0. The largest absolute Gasteiger partial charge is 0.385 e. The highest BCUT2D eigenvalue weighted by atomic mass is 35.5. The van der Waals surface area contributed by atoms with E-state index in [1.165, 1.54) is 0 Å². The van der Waals surface area contributed by atoms with Gasteiger partial charge in [-0.05, 0) is 37.6 Å². The summed E-state index contributed by atoms with van der Waals surface area (Å²) in [5.41, 5.74) is -0.154. The molecule has 2 rings (SSSR count). The molecule has 2 nitrogen and oxygen atoms in total. The fourth-order valence-electron chi connectivity index (χ4n) is 3.28. The van der Waals surface area contributed by atoms with Crippen molar-refractivity contribution in [1.82, 2.24) is 5.32 Å². The molecular weight excluding hydrogens is 281 g/mol. The molecule has 0 heterocycles. The number of halogens is 2. The van der Waals surface area contributed by atoms with E-state index < -0.39 is 5.60 Å². The first-order chi connectivity index (χ1) is 8.93. The molecule has 1 aliphatic rings. The summed E-state index contributed by atoms with van der Waals surface area (Å²) in [5.74, 6) is 0. The van der Waals surface area contributed by atoms with Crippen molar-refractivity contribution in [3.8, 4) is 0 Å². The Balaban J connectivity index is 2.44. The molecule has 19 heavy (non-hydrogen) atoms. The Morgan fingerprint density at radius 3 is 2.53 bits per heavy atom. The summed E-state index contributed by atoms with van der Waals surface area (Å²) in [6.07, 6.45) is 3.96. The highest BCUT2D eigenvalue weighted by Gasteiger charge is 2.49. The predicted molar refractivity (Wildman–Crippen MR) is 80.9 cm³/mol. The van der Waals surface area contributed by atoms with Crippen LogP contribution in [0.4, 0.5) is 0 Å². The lowest BCUT2D eigenvalue weighted by Gasteiger charge is -2.49. The third kappa shape index (κ3) is 2.64. The van der Waals surface area contributed by atoms with E-state index in [9.17, 15) is 5.11 Å². The lowest BCUT2D eigenvalue weighted by atomic mass is 9.61. The van der Waals surface area contributed by atoms with Crippen LogP contribution in [0.2, 0.25) is 10.0 Å². The minimum absolute atomic E-state index is 0.183. The monoisotopic (exact) mass is 301 g/mol. The van der Waals surface area contributed by atoms with Crippen molar-refractivity contribution < 1.29 is 5.11 Å². The Hall–Kier alpha value is -0.280. The van der Waals surface area contributed by atoms with Gasteiger partial charge >= 0.3 is 0 Å². The Morgan fingerprint density at radius 1 is 1.21 bits per heavy atom. The fourth-order valence-corrected chi connectivity index (χ4v) is 3.57. The van der Waals surface area contributed by atoms with Crippen LogP contribution in [0.3, 0.4) is 0 Å². The van der Waals surface area contributed by atoms with Gasteiger partial charge in [-0.3, -0.25) is 0 Å². The van der Waals surface area contributed by atoms with Crippen LogP contribution in [0.1, 0.15) is 38.2 Å². The van der Waals surface area contributed by atoms with Crippen LogP contribution in [-0.2, 0) is 5.60 Å². The first kappa shape index (κ1) is 15.1. The molecule has 0 saturated heterocycles. The molecule has 0 amide bonds. The van der Waals surface area contributed by atoms with Gasteiger partial charge in [-0.25, -0.2) is 0 Å². The van der Waals surface area contributed by atoms with E-state index in [1.54, 1.807) is 6.07 Å². The molecule has 0 radical (unpaired) electrons. The maximum atomic E-state index is 11.3. The molecule has 106 valence electrons. The second kappa shape index (κ2) is 5.61. The third-order valence-electron chi connectivity index (χ3n) is 4.48. The maximum Gasteiger partial charge on any atom is 0.0962 e. The van der Waals surface area contributed by atoms with E-state index >= 15 is 0 Å². The van der Waals surface area contributed by atoms with Crippen molar-refractivity contribution >= 4 is 23.2 Å². The van der Waals surface area contributed by atoms with Crippen molar-refractivity contribution in [2.45, 2.75) is 38.2 Å². The van der Waals surface area contributed by atoms with E-state index in [0.717, 1.165) is 37.8 Å². The van der Waals surface area contributed by atoms with Crippen molar-refractivity contribution in [3.05, 3.63) is 33.8 Å². The normalized spacial score (nSPS) is 31.4. The molecule has 4 heteroatoms. The van der Waals surface area contributed by atoms with Crippen LogP contribution >= 0.6 is 23.2 Å². The lowest BCUT2D eigenvalue weighted by Crippen LogP contribution is -2.51. The summed E-state index contributed by atoms with van der Waals surface area (Å²) in [7, 11) is 1.93. The zero-order valence-corrected chi connectivity index (χ0v) is 13.0. The van der Waals surface area contributed by atoms with Crippen LogP contribution in [0.5, 0.6) is 0 Å². The maximum absolute atomic E-state index is 11.3. The Labute approximate surface area is 125 Å². The second-order valence-corrected chi connectivity index (χ2v) is 6.60. The van der Waals surface area contributed by atoms with E-state index in [2.05, 4.69) is 12.2 Å². The number of nitrogens with one attached hydrogen (secondary N) is 1. The molecule has 2 N–H and O–H groups in total. The molecular formula is C15H21Cl2NO. The molecule has 1 saturated carbocycles. The quantitative estimate of drug-likeness (QED) is 0.885. The van der Waals surface area contributed by atoms with Crippen LogP contribution in [0.15, 0.2) is 18.2 Å². The SMILES string of the molecule is CNCC1(C)CCCC[C@@]1(O)c1ccc(Cl)c(Cl)c1. The van der Waals surface area contributed by atoms with Gasteiger partial charge in [-0.1, -0.05) is 49.0 Å². The number of hydrogen-bond donors (Lipinski definition) is 2. The lowest BCUT2D eigenvalue weighted by molar-refractivity contribution is -0.111. The molecule has 2 atom stereocenters. The molecule has 1 aliphatic carbocycles. The molecule has 1 fully saturated rings. The number of hydrogen-bond acceptors (Lipinski definition) is 2. The van der Waals surface area contributed by atoms with Gasteiger partial charge in [-0.15, -0.1) is 0 Å². The van der Waals surface area contributed by atoms with Crippen molar-refractivity contribution in [3.63, 3.8) is 0 Å². The first-order valence-corrected chi connectivity index (χ1v) is 7.51. The van der Waals surface area contributed by atoms with Gasteiger partial charge in [0.25, 0.3) is 0 Å². The summed E-state index contributed by atoms with van der Waals surface area (Å²) in [6.45, 7) is 2.93. The smallest absolute Gasteiger partial charge is 0.0962 e. The summed E-state index contributed by atoms with van der Waals surface area (Å²) in [6, 6.07) is 5.47. The molecule has 1 aromatic rings. The van der Waals surface area contributed by atoms with Crippen LogP contribution in [-0.4, -0.2) is 18.7 Å². The van der Waals surface area contributed by atoms with Gasteiger partial charge in [0, 0.05) is 12.0 Å². The van der Waals surface area contributed by atoms with Crippen molar-refractivity contribution in [1.29, 1.82) is 0 Å². The summed E-state index contributed by atoms with van der Waals surface area (Å²) >= 11 is 12.1. The fraction of sp³-hybridized carbons (Fsp3) is 0.600. The zero-order chi connectivity index (χ0) is 14.1. The van der Waals surface area contributed by atoms with Crippen molar-refractivity contribution in [2.75, 3.05) is 13.6 Å². The predicted octanol–water partition coefficient (Wildman–Crippen LogP) is 3.98. The Bertz CT molecular complexity index is 461. The average Bonchev–Trinajstić information content (AvgIpc) is 2.37. The topological polar surface area (TPSA) is 32.3 Å². The van der Waals surface area contributed by atoms with Gasteiger partial charge in [0.1, 0.15) is 0 Å².